The van der Waals surface area contributed by atoms with Crippen molar-refractivity contribution in [2.75, 3.05) is 49.6 Å². The Kier molecular flexibility index (Phi) is 6.62. The van der Waals surface area contributed by atoms with Gasteiger partial charge in [0.05, 0.1) is 31.5 Å². The summed E-state index contributed by atoms with van der Waals surface area (Å²) in [6.45, 7) is 4.25. The number of ether oxygens (including phenoxy) is 1. The predicted octanol–water partition coefficient (Wildman–Crippen LogP) is 1.74. The zero-order valence-corrected chi connectivity index (χ0v) is 15.2. The van der Waals surface area contributed by atoms with E-state index in [-0.39, 0.29) is 5.91 Å². The third kappa shape index (κ3) is 5.57. The molecule has 1 amide bonds. The molecule has 2 aromatic rings. The third-order valence-corrected chi connectivity index (χ3v) is 4.30. The first kappa shape index (κ1) is 18.4. The highest BCUT2D eigenvalue weighted by Gasteiger charge is 2.12. The van der Waals surface area contributed by atoms with Crippen LogP contribution in [0.3, 0.4) is 0 Å². The highest BCUT2D eigenvalue weighted by atomic mass is 35.5. The number of hydrogen-bond acceptors (Lipinski definition) is 6. The molecule has 2 heterocycles. The molecule has 0 bridgehead atoms. The van der Waals surface area contributed by atoms with Crippen molar-refractivity contribution in [3.05, 3.63) is 47.1 Å². The van der Waals surface area contributed by atoms with Crippen molar-refractivity contribution >= 4 is 29.0 Å². The molecule has 1 aromatic carbocycles. The van der Waals surface area contributed by atoms with Crippen LogP contribution < -0.4 is 15.5 Å². The van der Waals surface area contributed by atoms with E-state index in [4.69, 9.17) is 16.3 Å². The molecule has 2 N–H and O–H groups in total. The first-order valence-corrected chi connectivity index (χ1v) is 8.99. The van der Waals surface area contributed by atoms with Gasteiger partial charge in [-0.3, -0.25) is 4.79 Å². The van der Waals surface area contributed by atoms with Crippen LogP contribution in [-0.2, 0) is 16.0 Å². The second kappa shape index (κ2) is 9.35. The number of aromatic nitrogens is 2. The van der Waals surface area contributed by atoms with Gasteiger partial charge in [-0.1, -0.05) is 23.7 Å². The van der Waals surface area contributed by atoms with Gasteiger partial charge in [-0.25, -0.2) is 0 Å². The lowest BCUT2D eigenvalue weighted by Crippen LogP contribution is -2.36. The fourth-order valence-corrected chi connectivity index (χ4v) is 2.81. The Labute approximate surface area is 157 Å². The quantitative estimate of drug-likeness (QED) is 0.717. The van der Waals surface area contributed by atoms with E-state index in [2.05, 4.69) is 25.7 Å². The lowest BCUT2D eigenvalue weighted by Gasteiger charge is -2.28. The molecule has 1 aliphatic heterocycles. The number of amides is 1. The number of carbonyl (C=O) groups is 1. The molecule has 0 saturated carbocycles. The highest BCUT2D eigenvalue weighted by Crippen LogP contribution is 2.16. The molecular formula is C18H22ClN5O2. The van der Waals surface area contributed by atoms with Crippen LogP contribution >= 0.6 is 11.6 Å². The first-order chi connectivity index (χ1) is 12.7. The summed E-state index contributed by atoms with van der Waals surface area (Å²) in [6.07, 6.45) is 2.09. The molecule has 8 heteroatoms. The Hall–Kier alpha value is -2.38. The van der Waals surface area contributed by atoms with Crippen molar-refractivity contribution in [1.29, 1.82) is 0 Å². The van der Waals surface area contributed by atoms with E-state index < -0.39 is 0 Å². The average molecular weight is 376 g/mol. The molecule has 0 unspecified atom stereocenters. The minimum absolute atomic E-state index is 0.0257. The molecule has 0 spiro atoms. The Morgan fingerprint density at radius 3 is 2.73 bits per heavy atom. The van der Waals surface area contributed by atoms with Gasteiger partial charge in [0.1, 0.15) is 0 Å². The number of morpholine rings is 1. The predicted molar refractivity (Wildman–Crippen MR) is 102 cm³/mol. The summed E-state index contributed by atoms with van der Waals surface area (Å²) in [7, 11) is 0. The van der Waals surface area contributed by atoms with E-state index in [0.29, 0.717) is 30.4 Å². The number of nitrogens with one attached hydrogen (secondary N) is 2. The van der Waals surface area contributed by atoms with Gasteiger partial charge >= 0.3 is 0 Å². The molecule has 0 aliphatic carbocycles. The van der Waals surface area contributed by atoms with Crippen LogP contribution in [0.15, 0.2) is 36.5 Å². The largest absolute Gasteiger partial charge is 0.378 e. The summed E-state index contributed by atoms with van der Waals surface area (Å²) < 4.78 is 5.36. The van der Waals surface area contributed by atoms with Gasteiger partial charge < -0.3 is 20.3 Å². The van der Waals surface area contributed by atoms with Gasteiger partial charge in [-0.05, 0) is 17.7 Å². The van der Waals surface area contributed by atoms with Crippen molar-refractivity contribution in [3.8, 4) is 0 Å². The maximum Gasteiger partial charge on any atom is 0.224 e. The second-order valence-electron chi connectivity index (χ2n) is 5.98. The molecule has 138 valence electrons. The van der Waals surface area contributed by atoms with Crippen LogP contribution in [0.4, 0.5) is 11.5 Å². The van der Waals surface area contributed by atoms with Crippen LogP contribution in [0.25, 0.3) is 0 Å². The summed E-state index contributed by atoms with van der Waals surface area (Å²) >= 11 is 5.84. The first-order valence-electron chi connectivity index (χ1n) is 8.61. The van der Waals surface area contributed by atoms with E-state index in [9.17, 15) is 4.79 Å². The molecule has 0 radical (unpaired) electrons. The van der Waals surface area contributed by atoms with Crippen LogP contribution in [0.5, 0.6) is 0 Å². The van der Waals surface area contributed by atoms with Crippen LogP contribution in [0.1, 0.15) is 5.56 Å². The SMILES string of the molecule is O=C(Cc1ccc(Cl)cc1)NCCNc1cc(N2CCOCC2)cnn1. The van der Waals surface area contributed by atoms with E-state index in [1.807, 2.05) is 18.2 Å². The topological polar surface area (TPSA) is 79.4 Å². The van der Waals surface area contributed by atoms with Crippen molar-refractivity contribution in [3.63, 3.8) is 0 Å². The molecule has 1 saturated heterocycles. The fraction of sp³-hybridized carbons (Fsp3) is 0.389. The van der Waals surface area contributed by atoms with Crippen molar-refractivity contribution < 1.29 is 9.53 Å². The fourth-order valence-electron chi connectivity index (χ4n) is 2.68. The summed E-state index contributed by atoms with van der Waals surface area (Å²) in [6, 6.07) is 9.24. The highest BCUT2D eigenvalue weighted by molar-refractivity contribution is 6.30. The van der Waals surface area contributed by atoms with E-state index in [0.717, 1.165) is 37.6 Å². The van der Waals surface area contributed by atoms with E-state index >= 15 is 0 Å². The number of hydrogen-bond donors (Lipinski definition) is 2. The van der Waals surface area contributed by atoms with Gasteiger partial charge in [0.2, 0.25) is 5.91 Å². The Balaban J connectivity index is 1.40. The number of rotatable bonds is 7. The van der Waals surface area contributed by atoms with Crippen molar-refractivity contribution in [2.45, 2.75) is 6.42 Å². The average Bonchev–Trinajstić information content (AvgIpc) is 2.68. The van der Waals surface area contributed by atoms with Gasteiger partial charge in [-0.15, -0.1) is 5.10 Å². The normalized spacial score (nSPS) is 14.1. The summed E-state index contributed by atoms with van der Waals surface area (Å²) in [5, 5.41) is 14.9. The maximum absolute atomic E-state index is 12.0. The summed E-state index contributed by atoms with van der Waals surface area (Å²) in [4.78, 5) is 14.2. The smallest absolute Gasteiger partial charge is 0.224 e. The molecular weight excluding hydrogens is 354 g/mol. The summed E-state index contributed by atoms with van der Waals surface area (Å²) in [5.74, 6) is 0.670. The van der Waals surface area contributed by atoms with Gasteiger partial charge in [0, 0.05) is 37.3 Å². The number of nitrogens with zero attached hydrogens (tertiary/aromatic N) is 3. The van der Waals surface area contributed by atoms with Crippen molar-refractivity contribution in [1.82, 2.24) is 15.5 Å². The lowest BCUT2D eigenvalue weighted by atomic mass is 10.1. The standard InChI is InChI=1S/C18H22ClN5O2/c19-15-3-1-14(2-4-15)11-18(25)21-6-5-20-17-12-16(13-22-23-17)24-7-9-26-10-8-24/h1-4,12-13H,5-11H2,(H,20,23)(H,21,25). The molecule has 0 atom stereocenters. The maximum atomic E-state index is 12.0. The van der Waals surface area contributed by atoms with E-state index in [1.54, 1.807) is 18.3 Å². The molecule has 7 nitrogen and oxygen atoms in total. The van der Waals surface area contributed by atoms with Gasteiger partial charge in [0.15, 0.2) is 5.82 Å². The van der Waals surface area contributed by atoms with Crippen LogP contribution in [0.2, 0.25) is 5.02 Å². The molecule has 1 fully saturated rings. The van der Waals surface area contributed by atoms with Crippen molar-refractivity contribution in [2.24, 2.45) is 0 Å². The molecule has 26 heavy (non-hydrogen) atoms. The molecule has 1 aliphatic rings. The van der Waals surface area contributed by atoms with Gasteiger partial charge in [0.25, 0.3) is 0 Å². The zero-order valence-electron chi connectivity index (χ0n) is 14.4. The minimum atomic E-state index is -0.0257. The molecule has 3 rings (SSSR count). The monoisotopic (exact) mass is 375 g/mol. The van der Waals surface area contributed by atoms with Crippen LogP contribution in [-0.4, -0.2) is 55.5 Å². The van der Waals surface area contributed by atoms with Crippen LogP contribution in [0, 0.1) is 0 Å². The third-order valence-electron chi connectivity index (χ3n) is 4.05. The summed E-state index contributed by atoms with van der Waals surface area (Å²) in [5.41, 5.74) is 1.96. The van der Waals surface area contributed by atoms with Gasteiger partial charge in [-0.2, -0.15) is 5.10 Å². The lowest BCUT2D eigenvalue weighted by molar-refractivity contribution is -0.120. The molecule has 1 aromatic heterocycles. The Morgan fingerprint density at radius 1 is 1.19 bits per heavy atom. The van der Waals surface area contributed by atoms with E-state index in [1.165, 1.54) is 0 Å². The zero-order chi connectivity index (χ0) is 18.2. The Morgan fingerprint density at radius 2 is 1.96 bits per heavy atom. The second-order valence-corrected chi connectivity index (χ2v) is 6.41. The number of carbonyl (C=O) groups excluding carboxylic acids is 1. The Bertz CT molecular complexity index is 720. The number of halogens is 1. The number of anilines is 2. The number of benzene rings is 1. The minimum Gasteiger partial charge on any atom is -0.378 e.